The summed E-state index contributed by atoms with van der Waals surface area (Å²) >= 11 is 0. The topological polar surface area (TPSA) is 9.23 Å². The van der Waals surface area contributed by atoms with Crippen LogP contribution in [-0.4, -0.2) is 6.10 Å². The Hall–Kier alpha value is -1.24. The van der Waals surface area contributed by atoms with Crippen molar-refractivity contribution in [2.75, 3.05) is 0 Å². The molecule has 1 heteroatoms. The zero-order chi connectivity index (χ0) is 15.0. The van der Waals surface area contributed by atoms with E-state index in [-0.39, 0.29) is 6.10 Å². The van der Waals surface area contributed by atoms with Crippen molar-refractivity contribution in [1.82, 2.24) is 0 Å². The van der Waals surface area contributed by atoms with Crippen molar-refractivity contribution >= 4 is 0 Å². The van der Waals surface area contributed by atoms with Crippen LogP contribution in [0.1, 0.15) is 59.4 Å². The molecule has 1 atom stereocenters. The summed E-state index contributed by atoms with van der Waals surface area (Å²) in [6.07, 6.45) is 7.46. The van der Waals surface area contributed by atoms with Gasteiger partial charge in [0.25, 0.3) is 0 Å². The van der Waals surface area contributed by atoms with Crippen molar-refractivity contribution in [2.45, 2.75) is 66.4 Å². The summed E-state index contributed by atoms with van der Waals surface area (Å²) < 4.78 is 5.66. The van der Waals surface area contributed by atoms with Crippen molar-refractivity contribution in [3.63, 3.8) is 0 Å². The highest BCUT2D eigenvalue weighted by Gasteiger charge is 2.00. The molecule has 0 aliphatic heterocycles. The summed E-state index contributed by atoms with van der Waals surface area (Å²) in [5.74, 6) is 1.80. The van der Waals surface area contributed by atoms with Gasteiger partial charge in [-0.05, 0) is 63.6 Å². The summed E-state index contributed by atoms with van der Waals surface area (Å²) in [6, 6.07) is 8.48. The van der Waals surface area contributed by atoms with Gasteiger partial charge in [0.2, 0.25) is 0 Å². The molecule has 0 radical (unpaired) electrons. The Labute approximate surface area is 125 Å². The molecular formula is C19H30O. The first-order chi connectivity index (χ1) is 9.51. The molecule has 20 heavy (non-hydrogen) atoms. The van der Waals surface area contributed by atoms with Crippen LogP contribution in [0.5, 0.6) is 5.75 Å². The fourth-order valence-corrected chi connectivity index (χ4v) is 2.17. The van der Waals surface area contributed by atoms with Crippen molar-refractivity contribution in [2.24, 2.45) is 5.92 Å². The smallest absolute Gasteiger partial charge is 0.119 e. The molecule has 0 N–H and O–H groups in total. The molecule has 1 nitrogen and oxygen atoms in total. The maximum absolute atomic E-state index is 5.66. The van der Waals surface area contributed by atoms with Gasteiger partial charge in [-0.1, -0.05) is 44.1 Å². The Bertz CT molecular complexity index is 400. The predicted molar refractivity (Wildman–Crippen MR) is 88.4 cm³/mol. The van der Waals surface area contributed by atoms with E-state index in [0.29, 0.717) is 0 Å². The number of hydrogen-bond donors (Lipinski definition) is 0. The molecule has 0 spiro atoms. The fraction of sp³-hybridized carbons (Fsp3) is 0.579. The molecular weight excluding hydrogens is 244 g/mol. The maximum atomic E-state index is 5.66. The van der Waals surface area contributed by atoms with E-state index in [0.717, 1.165) is 18.1 Å². The average Bonchev–Trinajstić information content (AvgIpc) is 2.40. The van der Waals surface area contributed by atoms with Crippen LogP contribution in [-0.2, 0) is 6.42 Å². The Morgan fingerprint density at radius 2 is 1.80 bits per heavy atom. The number of benzene rings is 1. The van der Waals surface area contributed by atoms with Crippen LogP contribution < -0.4 is 4.74 Å². The largest absolute Gasteiger partial charge is 0.491 e. The second-order valence-corrected chi connectivity index (χ2v) is 6.13. The molecule has 0 saturated heterocycles. The number of ether oxygens (including phenoxy) is 1. The minimum Gasteiger partial charge on any atom is -0.491 e. The van der Waals surface area contributed by atoms with Crippen molar-refractivity contribution in [3.05, 3.63) is 41.5 Å². The van der Waals surface area contributed by atoms with Crippen molar-refractivity contribution < 1.29 is 4.74 Å². The lowest BCUT2D eigenvalue weighted by atomic mass is 10.00. The fourth-order valence-electron chi connectivity index (χ4n) is 2.17. The molecule has 1 aromatic rings. The molecule has 0 bridgehead atoms. The van der Waals surface area contributed by atoms with Gasteiger partial charge in [0.15, 0.2) is 0 Å². The van der Waals surface area contributed by atoms with Gasteiger partial charge in [-0.15, -0.1) is 0 Å². The van der Waals surface area contributed by atoms with Crippen LogP contribution in [0.2, 0.25) is 0 Å². The normalized spacial score (nSPS) is 13.6. The molecule has 1 unspecified atom stereocenters. The van der Waals surface area contributed by atoms with Crippen LogP contribution >= 0.6 is 0 Å². The highest BCUT2D eigenvalue weighted by atomic mass is 16.5. The lowest BCUT2D eigenvalue weighted by Gasteiger charge is -2.10. The molecule has 0 heterocycles. The highest BCUT2D eigenvalue weighted by molar-refractivity contribution is 5.29. The Balaban J connectivity index is 2.45. The van der Waals surface area contributed by atoms with Crippen LogP contribution in [0.25, 0.3) is 0 Å². The van der Waals surface area contributed by atoms with Crippen molar-refractivity contribution in [1.29, 1.82) is 0 Å². The van der Waals surface area contributed by atoms with Crippen LogP contribution in [0.3, 0.4) is 0 Å². The molecule has 0 aliphatic carbocycles. The van der Waals surface area contributed by atoms with Crippen LogP contribution in [0.15, 0.2) is 35.9 Å². The Kier molecular flexibility index (Phi) is 7.43. The number of allylic oxidation sites excluding steroid dienone is 2. The highest BCUT2D eigenvalue weighted by Crippen LogP contribution is 2.17. The van der Waals surface area contributed by atoms with Gasteiger partial charge in [-0.25, -0.2) is 0 Å². The van der Waals surface area contributed by atoms with E-state index in [1.165, 1.54) is 30.4 Å². The third-order valence-corrected chi connectivity index (χ3v) is 3.63. The van der Waals surface area contributed by atoms with Gasteiger partial charge < -0.3 is 4.74 Å². The standard InChI is InChI=1S/C19H30O/c1-6-16(4)8-7-9-17(5)14-18-10-12-19(13-11-18)20-15(2)3/h9-13,15-16H,6-8,14H2,1-5H3. The molecule has 1 aromatic carbocycles. The molecule has 0 aliphatic rings. The minimum atomic E-state index is 0.239. The summed E-state index contributed by atoms with van der Waals surface area (Å²) in [7, 11) is 0. The first-order valence-corrected chi connectivity index (χ1v) is 7.92. The van der Waals surface area contributed by atoms with Gasteiger partial charge in [0.1, 0.15) is 5.75 Å². The van der Waals surface area contributed by atoms with E-state index in [9.17, 15) is 0 Å². The average molecular weight is 274 g/mol. The second-order valence-electron chi connectivity index (χ2n) is 6.13. The number of hydrogen-bond acceptors (Lipinski definition) is 1. The summed E-state index contributed by atoms with van der Waals surface area (Å²) in [5, 5.41) is 0. The molecule has 0 amide bonds. The SMILES string of the molecule is CCC(C)CCC=C(C)Cc1ccc(OC(C)C)cc1. The summed E-state index contributed by atoms with van der Waals surface area (Å²) in [4.78, 5) is 0. The number of rotatable bonds is 8. The Morgan fingerprint density at radius 1 is 1.15 bits per heavy atom. The molecule has 0 aromatic heterocycles. The van der Waals surface area contributed by atoms with Crippen molar-refractivity contribution in [3.8, 4) is 5.75 Å². The molecule has 1 rings (SSSR count). The molecule has 112 valence electrons. The van der Waals surface area contributed by atoms with Gasteiger partial charge in [-0.3, -0.25) is 0 Å². The summed E-state index contributed by atoms with van der Waals surface area (Å²) in [5.41, 5.74) is 2.82. The molecule has 0 saturated carbocycles. The van der Waals surface area contributed by atoms with Gasteiger partial charge >= 0.3 is 0 Å². The van der Waals surface area contributed by atoms with Gasteiger partial charge in [0.05, 0.1) is 6.10 Å². The monoisotopic (exact) mass is 274 g/mol. The maximum Gasteiger partial charge on any atom is 0.119 e. The van der Waals surface area contributed by atoms with E-state index in [2.05, 4.69) is 65.0 Å². The van der Waals surface area contributed by atoms with E-state index in [4.69, 9.17) is 4.74 Å². The van der Waals surface area contributed by atoms with E-state index >= 15 is 0 Å². The Morgan fingerprint density at radius 3 is 2.35 bits per heavy atom. The van der Waals surface area contributed by atoms with Crippen LogP contribution in [0.4, 0.5) is 0 Å². The van der Waals surface area contributed by atoms with Crippen LogP contribution in [0, 0.1) is 5.92 Å². The predicted octanol–water partition coefficient (Wildman–Crippen LogP) is 5.79. The summed E-state index contributed by atoms with van der Waals surface area (Å²) in [6.45, 7) is 10.9. The van der Waals surface area contributed by atoms with E-state index < -0.39 is 0 Å². The van der Waals surface area contributed by atoms with Gasteiger partial charge in [-0.2, -0.15) is 0 Å². The molecule has 0 fully saturated rings. The van der Waals surface area contributed by atoms with Gasteiger partial charge in [0, 0.05) is 0 Å². The second kappa shape index (κ2) is 8.84. The first kappa shape index (κ1) is 16.8. The van der Waals surface area contributed by atoms with E-state index in [1.807, 2.05) is 0 Å². The third-order valence-electron chi connectivity index (χ3n) is 3.63. The third kappa shape index (κ3) is 6.79. The quantitative estimate of drug-likeness (QED) is 0.545. The van der Waals surface area contributed by atoms with E-state index in [1.54, 1.807) is 0 Å². The first-order valence-electron chi connectivity index (χ1n) is 7.92. The zero-order valence-corrected chi connectivity index (χ0v) is 13.8. The lowest BCUT2D eigenvalue weighted by Crippen LogP contribution is -2.05. The zero-order valence-electron chi connectivity index (χ0n) is 13.8. The minimum absolute atomic E-state index is 0.239. The lowest BCUT2D eigenvalue weighted by molar-refractivity contribution is 0.242.